The zero-order valence-corrected chi connectivity index (χ0v) is 26.7. The summed E-state index contributed by atoms with van der Waals surface area (Å²) in [5.41, 5.74) is 0.470. The number of aryl methyl sites for hydroxylation is 1. The molecule has 4 unspecified atom stereocenters. The van der Waals surface area contributed by atoms with E-state index in [0.717, 1.165) is 17.1 Å². The van der Waals surface area contributed by atoms with Gasteiger partial charge < -0.3 is 52.1 Å². The van der Waals surface area contributed by atoms with Crippen LogP contribution in [0.3, 0.4) is 0 Å². The summed E-state index contributed by atoms with van der Waals surface area (Å²) >= 11 is 0. The normalized spacial score (nSPS) is 36.8. The molecule has 4 radical (unpaired) electrons. The molecule has 4 aliphatic rings. The third-order valence-corrected chi connectivity index (χ3v) is 10.8. The lowest BCUT2D eigenvalue weighted by Gasteiger charge is -2.30. The number of halogens is 2. The molecule has 254 valence electrons. The van der Waals surface area contributed by atoms with Crippen molar-refractivity contribution in [1.29, 1.82) is 0 Å². The number of aliphatic hydroxyl groups excluding tert-OH is 1. The first-order valence-electron chi connectivity index (χ1n) is 14.9. The molecule has 0 saturated carbocycles. The fraction of sp³-hybridized carbons (Fsp3) is 0.462. The van der Waals surface area contributed by atoms with Gasteiger partial charge in [0.2, 0.25) is 21.0 Å². The second-order valence-corrected chi connectivity index (χ2v) is 15.0. The minimum atomic E-state index is -4.65. The van der Waals surface area contributed by atoms with Crippen molar-refractivity contribution < 1.29 is 55.4 Å². The van der Waals surface area contributed by atoms with Crippen molar-refractivity contribution in [2.24, 2.45) is 0 Å². The molecule has 0 aliphatic carbocycles. The fourth-order valence-corrected chi connectivity index (χ4v) is 8.62. The smallest absolute Gasteiger partial charge is 0.264 e. The zero-order chi connectivity index (χ0) is 34.4. The summed E-state index contributed by atoms with van der Waals surface area (Å²) in [5, 5.41) is 14.2. The molecule has 0 bridgehead atoms. The highest BCUT2D eigenvalue weighted by Gasteiger charge is 2.53. The van der Waals surface area contributed by atoms with Crippen molar-refractivity contribution in [3.05, 3.63) is 52.7 Å². The lowest BCUT2D eigenvalue weighted by Crippen LogP contribution is -2.38. The number of hydrogen-bond acceptors (Lipinski definition) is 13. The van der Waals surface area contributed by atoms with Crippen LogP contribution in [0.4, 0.5) is 14.5 Å². The molecule has 8 rings (SSSR count). The van der Waals surface area contributed by atoms with Gasteiger partial charge in [-0.25, -0.2) is 18.7 Å². The number of carbonyl (C=O) groups is 1. The number of rotatable bonds is 2. The molecular weight excluding hydrogens is 694 g/mol. The number of ether oxygens (including phenoxy) is 2. The number of anilines is 1. The molecule has 49 heavy (non-hydrogen) atoms. The van der Waals surface area contributed by atoms with E-state index in [1.165, 1.54) is 10.8 Å². The number of aromatic nitrogens is 5. The first-order valence-corrected chi connectivity index (χ1v) is 18.1. The zero-order valence-electron chi connectivity index (χ0n) is 25.0. The van der Waals surface area contributed by atoms with E-state index in [9.17, 15) is 28.2 Å². The molecule has 8 heterocycles. The maximum absolute atomic E-state index is 16.3. The number of pyridine rings is 1. The van der Waals surface area contributed by atoms with E-state index in [1.54, 1.807) is 12.3 Å². The number of fused-ring (bicyclic) bond motifs is 3. The van der Waals surface area contributed by atoms with Crippen molar-refractivity contribution in [3.63, 3.8) is 0 Å². The fourth-order valence-electron chi connectivity index (χ4n) is 6.59. The molecule has 0 aromatic carbocycles. The predicted molar refractivity (Wildman–Crippen MR) is 164 cm³/mol. The first kappa shape index (κ1) is 32.9. The van der Waals surface area contributed by atoms with Gasteiger partial charge in [0.05, 0.1) is 25.2 Å². The van der Waals surface area contributed by atoms with Gasteiger partial charge in [0.25, 0.3) is 20.5 Å². The Hall–Kier alpha value is -3.25. The van der Waals surface area contributed by atoms with Crippen LogP contribution >= 0.6 is 14.9 Å². The highest BCUT2D eigenvalue weighted by molar-refractivity contribution is 7.79. The van der Waals surface area contributed by atoms with Gasteiger partial charge >= 0.3 is 0 Å². The number of nitrogens with zero attached hydrogens (tertiary/aromatic N) is 4. The minimum absolute atomic E-state index is 0.177. The van der Waals surface area contributed by atoms with Crippen LogP contribution in [0.1, 0.15) is 24.4 Å². The maximum atomic E-state index is 16.3. The van der Waals surface area contributed by atoms with Crippen molar-refractivity contribution >= 4 is 63.7 Å². The second kappa shape index (κ2) is 11.9. The van der Waals surface area contributed by atoms with Crippen LogP contribution in [-0.4, -0.2) is 100 Å². The number of alkyl halides is 1. The molecule has 1 amide bonds. The van der Waals surface area contributed by atoms with Gasteiger partial charge in [0.15, 0.2) is 30.1 Å². The Morgan fingerprint density at radius 1 is 0.918 bits per heavy atom. The molecule has 4 aliphatic heterocycles. The largest absolute Gasteiger partial charge is 0.386 e. The topological polar surface area (TPSA) is 207 Å². The Balaban J connectivity index is 1.08. The molecule has 3 N–H and O–H groups in total. The molecule has 23 heteroatoms. The van der Waals surface area contributed by atoms with E-state index in [4.69, 9.17) is 42.7 Å². The van der Waals surface area contributed by atoms with Crippen LogP contribution < -0.4 is 10.9 Å². The quantitative estimate of drug-likeness (QED) is 0.199. The summed E-state index contributed by atoms with van der Waals surface area (Å²) in [6.45, 7) is -1.47. The Kier molecular flexibility index (Phi) is 8.01. The molecular formula is C26H24B2F2N6O11P2. The monoisotopic (exact) mass is 718 g/mol. The van der Waals surface area contributed by atoms with E-state index in [-0.39, 0.29) is 23.6 Å². The van der Waals surface area contributed by atoms with Gasteiger partial charge in [-0.3, -0.25) is 18.7 Å². The average Bonchev–Trinajstić information content (AvgIpc) is 3.73. The van der Waals surface area contributed by atoms with E-state index in [0.29, 0.717) is 23.1 Å². The lowest BCUT2D eigenvalue weighted by atomic mass is 10.1. The van der Waals surface area contributed by atoms with Crippen LogP contribution in [0.2, 0.25) is 0 Å². The van der Waals surface area contributed by atoms with Crippen LogP contribution in [-0.2, 0) is 47.9 Å². The predicted octanol–water partition coefficient (Wildman–Crippen LogP) is 1.66. The number of aliphatic hydroxyl groups is 1. The van der Waals surface area contributed by atoms with Crippen LogP contribution in [0, 0.1) is 5.82 Å². The van der Waals surface area contributed by atoms with Gasteiger partial charge in [-0.05, 0) is 18.1 Å². The Morgan fingerprint density at radius 3 is 2.33 bits per heavy atom. The van der Waals surface area contributed by atoms with Gasteiger partial charge in [0, 0.05) is 30.4 Å². The maximum Gasteiger partial charge on any atom is 0.264 e. The molecule has 3 fully saturated rings. The van der Waals surface area contributed by atoms with Crippen molar-refractivity contribution in [3.8, 4) is 0 Å². The van der Waals surface area contributed by atoms with Crippen molar-refractivity contribution in [2.75, 3.05) is 18.5 Å². The third-order valence-electron chi connectivity index (χ3n) is 8.76. The summed E-state index contributed by atoms with van der Waals surface area (Å²) < 4.78 is 93.8. The van der Waals surface area contributed by atoms with E-state index in [2.05, 4.69) is 20.3 Å². The molecule has 4 aromatic rings. The summed E-state index contributed by atoms with van der Waals surface area (Å²) in [7, 11) is 2.52. The van der Waals surface area contributed by atoms with Gasteiger partial charge in [-0.2, -0.15) is 0 Å². The Labute approximate surface area is 276 Å². The molecule has 4 aromatic heterocycles. The van der Waals surface area contributed by atoms with Crippen LogP contribution in [0.5, 0.6) is 0 Å². The Morgan fingerprint density at radius 2 is 1.57 bits per heavy atom. The van der Waals surface area contributed by atoms with Gasteiger partial charge in [-0.15, -0.1) is 0 Å². The van der Waals surface area contributed by atoms with Gasteiger partial charge in [-0.1, -0.05) is 0 Å². The van der Waals surface area contributed by atoms with E-state index in [1.807, 2.05) is 0 Å². The van der Waals surface area contributed by atoms with Crippen molar-refractivity contribution in [1.82, 2.24) is 24.1 Å². The second-order valence-electron chi connectivity index (χ2n) is 11.9. The highest BCUT2D eigenvalue weighted by atomic mass is 31.2. The average molecular weight is 718 g/mol. The SMILES string of the molecule is [B]P1(=O)OC[C@H]2O[C@@H](n3cc(F)c4c(=O)[nH]cnc43)C(O)[C@H]2OP([B])(=O)OC[C@H]2O[C@@H](n3cc4c5c(ccnc53)NC(=O)CC4)[C@@H](F)C2O1. The number of nitrogens with one attached hydrogen (secondary N) is 2. The minimum Gasteiger partial charge on any atom is -0.386 e. The molecule has 10 atom stereocenters. The highest BCUT2D eigenvalue weighted by Crippen LogP contribution is 2.54. The summed E-state index contributed by atoms with van der Waals surface area (Å²) in [6, 6.07) is 1.61. The summed E-state index contributed by atoms with van der Waals surface area (Å²) in [5.74, 6) is -1.17. The summed E-state index contributed by atoms with van der Waals surface area (Å²) in [4.78, 5) is 34.9. The number of hydrogen-bond donors (Lipinski definition) is 3. The van der Waals surface area contributed by atoms with Gasteiger partial charge in [0.1, 0.15) is 41.6 Å². The number of carbonyl (C=O) groups excluding carboxylic acids is 1. The molecule has 3 saturated heterocycles. The Bertz CT molecular complexity index is 2150. The van der Waals surface area contributed by atoms with Crippen molar-refractivity contribution in [2.45, 2.75) is 62.0 Å². The van der Waals surface area contributed by atoms with E-state index >= 15 is 4.39 Å². The number of amides is 1. The number of aromatic amines is 1. The lowest BCUT2D eigenvalue weighted by molar-refractivity contribution is -0.116. The first-order chi connectivity index (χ1) is 23.3. The molecule has 0 spiro atoms. The standard InChI is InChI=1S/C26H24B2F2N6O11P2/c27-48(40)43-8-14-21(19(38)26(45-14)36-6-11(29)17-23(36)32-9-33-24(17)39)47-49(28,41)42-7-13-20(46-48)18(30)25(44-13)35-5-10-1-2-15(37)34-12-3-4-31-22(35)16(10)12/h3-6,9,13-14,18-21,25-26,38H,1-2,7-8H2,(H,34,37)(H,32,33,39)/t13-,14-,18+,19?,20?,21+,25-,26-,48?,49?/m1/s1. The molecule has 17 nitrogen and oxygen atoms in total. The number of H-pyrrole nitrogens is 1. The van der Waals surface area contributed by atoms with Crippen LogP contribution in [0.25, 0.3) is 22.1 Å². The summed E-state index contributed by atoms with van der Waals surface area (Å²) in [6.07, 6.45) is -7.57. The van der Waals surface area contributed by atoms with Crippen LogP contribution in [0.15, 0.2) is 35.8 Å². The third kappa shape index (κ3) is 5.70. The van der Waals surface area contributed by atoms with E-state index < -0.39 is 94.1 Å².